The lowest BCUT2D eigenvalue weighted by Gasteiger charge is -2.26. The molecule has 162 valence electrons. The summed E-state index contributed by atoms with van der Waals surface area (Å²) in [6.07, 6.45) is 0.888. The number of amides is 1. The van der Waals surface area contributed by atoms with Gasteiger partial charge in [-0.05, 0) is 49.4 Å². The molecule has 1 aliphatic rings. The summed E-state index contributed by atoms with van der Waals surface area (Å²) in [6, 6.07) is 13.8. The molecule has 1 heterocycles. The summed E-state index contributed by atoms with van der Waals surface area (Å²) in [7, 11) is 0. The fourth-order valence-corrected chi connectivity index (χ4v) is 3.91. The van der Waals surface area contributed by atoms with Gasteiger partial charge in [0.15, 0.2) is 11.5 Å². The molecule has 0 spiro atoms. The third-order valence-electron chi connectivity index (χ3n) is 5.11. The summed E-state index contributed by atoms with van der Waals surface area (Å²) in [5, 5.41) is 0. The molecule has 0 aromatic heterocycles. The Morgan fingerprint density at radius 3 is 2.27 bits per heavy atom. The van der Waals surface area contributed by atoms with Crippen LogP contribution in [-0.2, 0) is 13.0 Å². The molecule has 0 aliphatic carbocycles. The van der Waals surface area contributed by atoms with E-state index in [4.69, 9.17) is 9.47 Å². The van der Waals surface area contributed by atoms with Crippen molar-refractivity contribution in [1.29, 1.82) is 0 Å². The molecule has 0 atom stereocenters. The fourth-order valence-electron chi connectivity index (χ4n) is 3.91. The highest BCUT2D eigenvalue weighted by atomic mass is 16.5. The van der Waals surface area contributed by atoms with E-state index in [1.807, 2.05) is 41.3 Å². The van der Waals surface area contributed by atoms with Gasteiger partial charge in [0, 0.05) is 30.6 Å². The van der Waals surface area contributed by atoms with E-state index in [1.165, 1.54) is 5.56 Å². The predicted octanol–water partition coefficient (Wildman–Crippen LogP) is 5.73. The smallest absolute Gasteiger partial charge is 0.253 e. The SMILES string of the molecule is CC(C)CN(CC(C)C)C(=O)c1ccc(COc2cccc3c2OC(C)(C)C3)cc1. The molecule has 1 amide bonds. The van der Waals surface area contributed by atoms with Gasteiger partial charge in [-0.3, -0.25) is 4.79 Å². The van der Waals surface area contributed by atoms with Gasteiger partial charge in [-0.2, -0.15) is 0 Å². The molecular weight excluding hydrogens is 374 g/mol. The topological polar surface area (TPSA) is 38.8 Å². The minimum absolute atomic E-state index is 0.0985. The Labute approximate surface area is 181 Å². The number of hydrogen-bond acceptors (Lipinski definition) is 3. The molecule has 0 N–H and O–H groups in total. The van der Waals surface area contributed by atoms with Crippen LogP contribution in [-0.4, -0.2) is 29.5 Å². The summed E-state index contributed by atoms with van der Waals surface area (Å²) in [4.78, 5) is 14.9. The molecule has 4 heteroatoms. The highest BCUT2D eigenvalue weighted by molar-refractivity contribution is 5.94. The van der Waals surface area contributed by atoms with Gasteiger partial charge in [0.25, 0.3) is 5.91 Å². The number of hydrogen-bond donors (Lipinski definition) is 0. The molecule has 0 fully saturated rings. The second kappa shape index (κ2) is 9.11. The Bertz CT molecular complexity index is 858. The number of carbonyl (C=O) groups is 1. The minimum Gasteiger partial charge on any atom is -0.485 e. The van der Waals surface area contributed by atoms with Crippen molar-refractivity contribution in [2.75, 3.05) is 13.1 Å². The van der Waals surface area contributed by atoms with Crippen LogP contribution in [0.5, 0.6) is 11.5 Å². The third-order valence-corrected chi connectivity index (χ3v) is 5.11. The zero-order valence-electron chi connectivity index (χ0n) is 19.2. The lowest BCUT2D eigenvalue weighted by molar-refractivity contribution is 0.0715. The Morgan fingerprint density at radius 2 is 1.67 bits per heavy atom. The van der Waals surface area contributed by atoms with Crippen LogP contribution in [0.3, 0.4) is 0 Å². The predicted molar refractivity (Wildman–Crippen MR) is 121 cm³/mol. The van der Waals surface area contributed by atoms with Crippen LogP contribution < -0.4 is 9.47 Å². The van der Waals surface area contributed by atoms with E-state index in [2.05, 4.69) is 47.6 Å². The molecular formula is C26H35NO3. The van der Waals surface area contributed by atoms with Crippen molar-refractivity contribution in [3.8, 4) is 11.5 Å². The molecule has 0 saturated carbocycles. The van der Waals surface area contributed by atoms with Crippen molar-refractivity contribution < 1.29 is 14.3 Å². The van der Waals surface area contributed by atoms with Gasteiger partial charge in [-0.15, -0.1) is 0 Å². The van der Waals surface area contributed by atoms with Crippen LogP contribution in [0.1, 0.15) is 63.0 Å². The summed E-state index contributed by atoms with van der Waals surface area (Å²) in [5.41, 5.74) is 2.75. The fraction of sp³-hybridized carbons (Fsp3) is 0.500. The Balaban J connectivity index is 1.66. The normalized spacial score (nSPS) is 14.5. The zero-order valence-corrected chi connectivity index (χ0v) is 19.2. The van der Waals surface area contributed by atoms with E-state index >= 15 is 0 Å². The highest BCUT2D eigenvalue weighted by Crippen LogP contribution is 2.41. The van der Waals surface area contributed by atoms with E-state index in [-0.39, 0.29) is 11.5 Å². The van der Waals surface area contributed by atoms with Gasteiger partial charge < -0.3 is 14.4 Å². The Morgan fingerprint density at radius 1 is 1.03 bits per heavy atom. The average molecular weight is 410 g/mol. The maximum Gasteiger partial charge on any atom is 0.253 e. The lowest BCUT2D eigenvalue weighted by atomic mass is 10.0. The zero-order chi connectivity index (χ0) is 21.9. The van der Waals surface area contributed by atoms with Gasteiger partial charge in [0.1, 0.15) is 12.2 Å². The number of para-hydroxylation sites is 1. The van der Waals surface area contributed by atoms with Crippen LogP contribution in [0.15, 0.2) is 42.5 Å². The van der Waals surface area contributed by atoms with E-state index in [0.29, 0.717) is 18.4 Å². The van der Waals surface area contributed by atoms with Crippen LogP contribution >= 0.6 is 0 Å². The van der Waals surface area contributed by atoms with Gasteiger partial charge in [0.2, 0.25) is 0 Å². The van der Waals surface area contributed by atoms with Gasteiger partial charge in [-0.1, -0.05) is 52.0 Å². The monoisotopic (exact) mass is 409 g/mol. The van der Waals surface area contributed by atoms with Crippen molar-refractivity contribution >= 4 is 5.91 Å². The standard InChI is InChI=1S/C26H35NO3/c1-18(2)15-27(16-19(3)4)25(28)21-12-10-20(11-13-21)17-29-23-9-7-8-22-14-26(5,6)30-24(22)23/h7-13,18-19H,14-17H2,1-6H3. The second-order valence-corrected chi connectivity index (χ2v) is 9.77. The molecule has 30 heavy (non-hydrogen) atoms. The molecule has 4 nitrogen and oxygen atoms in total. The first-order valence-electron chi connectivity index (χ1n) is 11.0. The molecule has 2 aromatic carbocycles. The molecule has 0 radical (unpaired) electrons. The second-order valence-electron chi connectivity index (χ2n) is 9.77. The number of fused-ring (bicyclic) bond motifs is 1. The van der Waals surface area contributed by atoms with Crippen LogP contribution in [0.25, 0.3) is 0 Å². The third kappa shape index (κ3) is 5.56. The summed E-state index contributed by atoms with van der Waals surface area (Å²) in [6.45, 7) is 14.8. The molecule has 1 aliphatic heterocycles. The number of rotatable bonds is 8. The number of benzene rings is 2. The van der Waals surface area contributed by atoms with E-state index in [0.717, 1.165) is 42.1 Å². The first-order chi connectivity index (χ1) is 14.1. The number of ether oxygens (including phenoxy) is 2. The van der Waals surface area contributed by atoms with Crippen LogP contribution in [0.2, 0.25) is 0 Å². The van der Waals surface area contributed by atoms with Gasteiger partial charge in [-0.25, -0.2) is 0 Å². The van der Waals surface area contributed by atoms with E-state index < -0.39 is 0 Å². The van der Waals surface area contributed by atoms with Crippen molar-refractivity contribution in [3.05, 3.63) is 59.2 Å². The van der Waals surface area contributed by atoms with Gasteiger partial charge >= 0.3 is 0 Å². The summed E-state index contributed by atoms with van der Waals surface area (Å²) >= 11 is 0. The molecule has 0 saturated heterocycles. The quantitative estimate of drug-likeness (QED) is 0.559. The summed E-state index contributed by atoms with van der Waals surface area (Å²) in [5.74, 6) is 2.62. The summed E-state index contributed by atoms with van der Waals surface area (Å²) < 4.78 is 12.1. The first-order valence-corrected chi connectivity index (χ1v) is 11.0. The van der Waals surface area contributed by atoms with Crippen molar-refractivity contribution in [2.45, 2.75) is 60.2 Å². The number of nitrogens with zero attached hydrogens (tertiary/aromatic N) is 1. The van der Waals surface area contributed by atoms with E-state index in [1.54, 1.807) is 0 Å². The molecule has 0 bridgehead atoms. The molecule has 0 unspecified atom stereocenters. The first kappa shape index (κ1) is 22.2. The maximum absolute atomic E-state index is 13.0. The number of carbonyl (C=O) groups excluding carboxylic acids is 1. The minimum atomic E-state index is -0.193. The van der Waals surface area contributed by atoms with Crippen molar-refractivity contribution in [3.63, 3.8) is 0 Å². The highest BCUT2D eigenvalue weighted by Gasteiger charge is 2.32. The maximum atomic E-state index is 13.0. The van der Waals surface area contributed by atoms with Gasteiger partial charge in [0.05, 0.1) is 0 Å². The van der Waals surface area contributed by atoms with Crippen LogP contribution in [0.4, 0.5) is 0 Å². The van der Waals surface area contributed by atoms with Crippen molar-refractivity contribution in [2.24, 2.45) is 11.8 Å². The lowest BCUT2D eigenvalue weighted by Crippen LogP contribution is -2.37. The van der Waals surface area contributed by atoms with Crippen LogP contribution in [0, 0.1) is 11.8 Å². The Hall–Kier alpha value is -2.49. The van der Waals surface area contributed by atoms with E-state index in [9.17, 15) is 4.79 Å². The molecule has 3 rings (SSSR count). The van der Waals surface area contributed by atoms with Crippen molar-refractivity contribution in [1.82, 2.24) is 4.90 Å². The molecule has 2 aromatic rings. The Kier molecular flexibility index (Phi) is 6.74. The average Bonchev–Trinajstić information content (AvgIpc) is 2.99. The largest absolute Gasteiger partial charge is 0.485 e.